The standard InChI is InChI=1S/C11H7NS.C9H5N3S.C8H4N4S/c1-2-4-10(5-3-1)6-7-11-12-8-9-13-11;1-4-10-8(11-5-1)2-3-9-12-6-7-13-9;1(2-8-10-3-4-13-8)7-11-5-9-6-12-7/h1-5,8-9H;1,4-7H;3-6H. The van der Waals surface area contributed by atoms with Crippen LogP contribution in [0.3, 0.4) is 0 Å². The van der Waals surface area contributed by atoms with Crippen LogP contribution in [-0.2, 0) is 0 Å². The molecule has 0 aliphatic rings. The van der Waals surface area contributed by atoms with E-state index in [0.29, 0.717) is 11.6 Å². The molecule has 0 unspecified atom stereocenters. The molecule has 39 heavy (non-hydrogen) atoms. The fourth-order valence-corrected chi connectivity index (χ4v) is 3.84. The maximum absolute atomic E-state index is 4.08. The van der Waals surface area contributed by atoms with Crippen molar-refractivity contribution < 1.29 is 0 Å². The van der Waals surface area contributed by atoms with E-state index in [1.165, 1.54) is 35.3 Å². The van der Waals surface area contributed by atoms with Gasteiger partial charge in [-0.2, -0.15) is 0 Å². The van der Waals surface area contributed by atoms with Gasteiger partial charge in [0.25, 0.3) is 0 Å². The van der Waals surface area contributed by atoms with E-state index in [4.69, 9.17) is 0 Å². The first-order chi connectivity index (χ1) is 19.3. The first-order valence-electron chi connectivity index (χ1n) is 11.0. The summed E-state index contributed by atoms with van der Waals surface area (Å²) >= 11 is 4.55. The normalized spacial score (nSPS) is 8.92. The van der Waals surface area contributed by atoms with Crippen molar-refractivity contribution in [1.29, 1.82) is 0 Å². The van der Waals surface area contributed by atoms with Crippen molar-refractivity contribution in [3.05, 3.63) is 128 Å². The van der Waals surface area contributed by atoms with Crippen LogP contribution in [0.4, 0.5) is 0 Å². The lowest BCUT2D eigenvalue weighted by atomic mass is 10.2. The summed E-state index contributed by atoms with van der Waals surface area (Å²) in [7, 11) is 0. The second-order valence-corrected chi connectivity index (χ2v) is 9.35. The molecule has 0 aliphatic heterocycles. The Balaban J connectivity index is 0.000000136. The van der Waals surface area contributed by atoms with E-state index < -0.39 is 0 Å². The number of hydrogen-bond donors (Lipinski definition) is 0. The second kappa shape index (κ2) is 15.9. The topological polar surface area (TPSA) is 103 Å². The predicted octanol–water partition coefficient (Wildman–Crippen LogP) is 4.60. The van der Waals surface area contributed by atoms with Gasteiger partial charge in [0.1, 0.15) is 12.7 Å². The van der Waals surface area contributed by atoms with Crippen LogP contribution in [0.1, 0.15) is 32.2 Å². The Kier molecular flexibility index (Phi) is 11.0. The van der Waals surface area contributed by atoms with E-state index in [1.54, 1.807) is 48.4 Å². The molecule has 5 heterocycles. The SMILES string of the molecule is C(#Cc1nccs1)c1ccccc1.C(#Cc1nccs1)c1ncccn1.C(#Cc1nccs1)c1ncncn1. The molecule has 0 radical (unpaired) electrons. The summed E-state index contributed by atoms with van der Waals surface area (Å²) in [5.41, 5.74) is 1.03. The number of thiazole rings is 3. The van der Waals surface area contributed by atoms with Crippen LogP contribution < -0.4 is 0 Å². The molecule has 1 aromatic carbocycles. The van der Waals surface area contributed by atoms with Crippen molar-refractivity contribution in [3.8, 4) is 35.5 Å². The van der Waals surface area contributed by atoms with Gasteiger partial charge in [-0.15, -0.1) is 34.0 Å². The molecular weight excluding hydrogens is 545 g/mol. The number of aromatic nitrogens is 8. The highest BCUT2D eigenvalue weighted by Gasteiger charge is 1.90. The Morgan fingerprint density at radius 3 is 1.41 bits per heavy atom. The Labute approximate surface area is 237 Å². The number of rotatable bonds is 0. The van der Waals surface area contributed by atoms with Gasteiger partial charge in [-0.1, -0.05) is 24.1 Å². The van der Waals surface area contributed by atoms with Crippen molar-refractivity contribution in [1.82, 2.24) is 39.9 Å². The van der Waals surface area contributed by atoms with Crippen LogP contribution in [0.5, 0.6) is 0 Å². The van der Waals surface area contributed by atoms with Gasteiger partial charge in [-0.05, 0) is 47.8 Å². The molecule has 0 atom stereocenters. The maximum Gasteiger partial charge on any atom is 0.208 e. The van der Waals surface area contributed by atoms with E-state index in [0.717, 1.165) is 20.6 Å². The Bertz CT molecular complexity index is 1480. The average Bonchev–Trinajstić information content (AvgIpc) is 3.81. The zero-order valence-corrected chi connectivity index (χ0v) is 22.5. The third-order valence-electron chi connectivity index (χ3n) is 4.01. The molecule has 0 bridgehead atoms. The molecule has 186 valence electrons. The zero-order valence-electron chi connectivity index (χ0n) is 20.0. The van der Waals surface area contributed by atoms with Gasteiger partial charge in [-0.3, -0.25) is 0 Å². The lowest BCUT2D eigenvalue weighted by Crippen LogP contribution is -1.87. The summed E-state index contributed by atoms with van der Waals surface area (Å²) < 4.78 is 0. The zero-order chi connectivity index (χ0) is 26.8. The summed E-state index contributed by atoms with van der Waals surface area (Å²) in [5, 5.41) is 8.10. The summed E-state index contributed by atoms with van der Waals surface area (Å²) in [5.74, 6) is 18.4. The average molecular weight is 561 g/mol. The van der Waals surface area contributed by atoms with Gasteiger partial charge in [0.05, 0.1) is 0 Å². The molecule has 11 heteroatoms. The van der Waals surface area contributed by atoms with Crippen molar-refractivity contribution in [3.63, 3.8) is 0 Å². The van der Waals surface area contributed by atoms with E-state index in [9.17, 15) is 0 Å². The molecule has 0 amide bonds. The van der Waals surface area contributed by atoms with Crippen LogP contribution >= 0.6 is 34.0 Å². The first-order valence-corrected chi connectivity index (χ1v) is 13.7. The summed E-state index contributed by atoms with van der Waals surface area (Å²) in [6.45, 7) is 0. The van der Waals surface area contributed by atoms with Crippen LogP contribution in [0.2, 0.25) is 0 Å². The van der Waals surface area contributed by atoms with Gasteiger partial charge in [0, 0.05) is 52.7 Å². The third-order valence-corrected chi connectivity index (χ3v) is 6.07. The predicted molar refractivity (Wildman–Crippen MR) is 153 cm³/mol. The fraction of sp³-hybridized carbons (Fsp3) is 0. The Hall–Kier alpha value is -5.12. The molecule has 0 fully saturated rings. The summed E-state index contributed by atoms with van der Waals surface area (Å²) in [4.78, 5) is 31.4. The monoisotopic (exact) mass is 560 g/mol. The van der Waals surface area contributed by atoms with Crippen LogP contribution in [-0.4, -0.2) is 39.9 Å². The minimum Gasteiger partial charge on any atom is -0.236 e. The van der Waals surface area contributed by atoms with Crippen LogP contribution in [0.15, 0.2) is 96.2 Å². The quantitative estimate of drug-likeness (QED) is 0.248. The lowest BCUT2D eigenvalue weighted by Gasteiger charge is -1.84. The highest BCUT2D eigenvalue weighted by Crippen LogP contribution is 2.03. The van der Waals surface area contributed by atoms with E-state index in [1.807, 2.05) is 46.5 Å². The molecule has 5 aromatic heterocycles. The molecule has 0 aliphatic carbocycles. The van der Waals surface area contributed by atoms with Gasteiger partial charge in [-0.25, -0.2) is 39.9 Å². The van der Waals surface area contributed by atoms with Crippen molar-refractivity contribution >= 4 is 34.0 Å². The van der Waals surface area contributed by atoms with Crippen LogP contribution in [0, 0.1) is 35.5 Å². The van der Waals surface area contributed by atoms with E-state index >= 15 is 0 Å². The fourth-order valence-electron chi connectivity index (χ4n) is 2.39. The Morgan fingerprint density at radius 2 is 0.923 bits per heavy atom. The first kappa shape index (κ1) is 26.9. The molecular formula is C28H16N8S3. The van der Waals surface area contributed by atoms with Crippen molar-refractivity contribution in [2.45, 2.75) is 0 Å². The highest BCUT2D eigenvalue weighted by molar-refractivity contribution is 7.10. The van der Waals surface area contributed by atoms with Gasteiger partial charge in [0.2, 0.25) is 11.6 Å². The largest absolute Gasteiger partial charge is 0.236 e. The minimum atomic E-state index is 0.463. The second-order valence-electron chi connectivity index (χ2n) is 6.66. The van der Waals surface area contributed by atoms with E-state index in [2.05, 4.69) is 75.4 Å². The van der Waals surface area contributed by atoms with Crippen LogP contribution in [0.25, 0.3) is 0 Å². The highest BCUT2D eigenvalue weighted by atomic mass is 32.1. The van der Waals surface area contributed by atoms with Gasteiger partial charge >= 0.3 is 0 Å². The van der Waals surface area contributed by atoms with Gasteiger partial charge in [0.15, 0.2) is 15.0 Å². The molecule has 0 N–H and O–H groups in total. The van der Waals surface area contributed by atoms with Crippen molar-refractivity contribution in [2.24, 2.45) is 0 Å². The molecule has 0 saturated carbocycles. The molecule has 6 rings (SSSR count). The third kappa shape index (κ3) is 10.4. The number of nitrogens with zero attached hydrogens (tertiary/aromatic N) is 8. The minimum absolute atomic E-state index is 0.463. The van der Waals surface area contributed by atoms with Crippen molar-refractivity contribution in [2.75, 3.05) is 0 Å². The summed E-state index contributed by atoms with van der Waals surface area (Å²) in [6.07, 6.45) is 11.4. The van der Waals surface area contributed by atoms with Gasteiger partial charge < -0.3 is 0 Å². The molecule has 0 saturated heterocycles. The summed E-state index contributed by atoms with van der Waals surface area (Å²) in [6, 6.07) is 11.7. The lowest BCUT2D eigenvalue weighted by molar-refractivity contribution is 1.02. The molecule has 0 spiro atoms. The number of hydrogen-bond acceptors (Lipinski definition) is 11. The smallest absolute Gasteiger partial charge is 0.208 e. The van der Waals surface area contributed by atoms with E-state index in [-0.39, 0.29) is 0 Å². The maximum atomic E-state index is 4.08. The molecule has 6 aromatic rings. The molecule has 8 nitrogen and oxygen atoms in total. The Morgan fingerprint density at radius 1 is 0.436 bits per heavy atom. The number of benzene rings is 1.